The van der Waals surface area contributed by atoms with Crippen molar-refractivity contribution in [2.45, 2.75) is 40.5 Å². The van der Waals surface area contributed by atoms with Crippen molar-refractivity contribution in [3.63, 3.8) is 0 Å². The van der Waals surface area contributed by atoms with E-state index in [1.54, 1.807) is 0 Å². The summed E-state index contributed by atoms with van der Waals surface area (Å²) in [5.41, 5.74) is 5.40. The number of carbonyl (C=O) groups is 2. The summed E-state index contributed by atoms with van der Waals surface area (Å²) in [5, 5.41) is 22.7. The molecule has 2 atom stereocenters. The molecule has 0 saturated heterocycles. The lowest BCUT2D eigenvalue weighted by molar-refractivity contribution is -0.146. The van der Waals surface area contributed by atoms with Gasteiger partial charge in [-0.2, -0.15) is 5.26 Å². The van der Waals surface area contributed by atoms with Crippen LogP contribution in [0, 0.1) is 37.0 Å². The number of hydrogen-bond donors (Lipinski definition) is 2. The number of aliphatic carboxylic acids is 1. The Bertz CT molecular complexity index is 1040. The zero-order valence-corrected chi connectivity index (χ0v) is 17.8. The Balaban J connectivity index is 1.93. The maximum atomic E-state index is 13.0. The third-order valence-corrected chi connectivity index (χ3v) is 6.71. The highest BCUT2D eigenvalue weighted by Gasteiger charge is 2.37. The van der Waals surface area contributed by atoms with Gasteiger partial charge >= 0.3 is 5.97 Å². The fourth-order valence-corrected chi connectivity index (χ4v) is 4.87. The van der Waals surface area contributed by atoms with Crippen LogP contribution in [0.25, 0.3) is 11.1 Å². The molecule has 0 unspecified atom stereocenters. The van der Waals surface area contributed by atoms with Crippen LogP contribution >= 0.6 is 11.3 Å². The average Bonchev–Trinajstić information content (AvgIpc) is 2.98. The predicted octanol–water partition coefficient (Wildman–Crippen LogP) is 5.29. The summed E-state index contributed by atoms with van der Waals surface area (Å²) in [7, 11) is 0. The number of thiophene rings is 1. The molecule has 0 fully saturated rings. The van der Waals surface area contributed by atoms with E-state index in [1.807, 2.05) is 52.0 Å². The van der Waals surface area contributed by atoms with E-state index in [9.17, 15) is 20.0 Å². The van der Waals surface area contributed by atoms with Gasteiger partial charge in [0.25, 0.3) is 0 Å². The molecule has 2 N–H and O–H groups in total. The highest BCUT2D eigenvalue weighted by Crippen LogP contribution is 2.41. The van der Waals surface area contributed by atoms with E-state index in [0.29, 0.717) is 23.4 Å². The summed E-state index contributed by atoms with van der Waals surface area (Å²) in [6.07, 6.45) is 0.800. The Morgan fingerprint density at radius 1 is 1.07 bits per heavy atom. The first-order valence-corrected chi connectivity index (χ1v) is 10.3. The molecule has 150 valence electrons. The molecule has 5 nitrogen and oxygen atoms in total. The number of anilines is 1. The number of amides is 1. The Kier molecular flexibility index (Phi) is 5.90. The molecule has 2 aromatic rings. The van der Waals surface area contributed by atoms with Gasteiger partial charge in [-0.3, -0.25) is 9.59 Å². The van der Waals surface area contributed by atoms with Crippen LogP contribution in [0.2, 0.25) is 0 Å². The molecule has 1 heterocycles. The highest BCUT2D eigenvalue weighted by atomic mass is 32.1. The number of carboxylic acid groups (broad SMARTS) is 1. The summed E-state index contributed by atoms with van der Waals surface area (Å²) >= 11 is 1.35. The lowest BCUT2D eigenvalue weighted by atomic mass is 9.76. The van der Waals surface area contributed by atoms with Crippen molar-refractivity contribution in [2.75, 3.05) is 5.32 Å². The number of carbonyl (C=O) groups excluding carboxylic acids is 1. The van der Waals surface area contributed by atoms with Crippen molar-refractivity contribution in [1.82, 2.24) is 0 Å². The van der Waals surface area contributed by atoms with Gasteiger partial charge in [0.1, 0.15) is 11.1 Å². The van der Waals surface area contributed by atoms with Crippen molar-refractivity contribution in [1.29, 1.82) is 5.26 Å². The molecule has 0 spiro atoms. The fourth-order valence-electron chi connectivity index (χ4n) is 3.84. The van der Waals surface area contributed by atoms with Gasteiger partial charge in [-0.25, -0.2) is 0 Å². The topological polar surface area (TPSA) is 90.2 Å². The number of aryl methyl sites for hydroxylation is 2. The summed E-state index contributed by atoms with van der Waals surface area (Å²) in [4.78, 5) is 25.7. The molecule has 0 radical (unpaired) electrons. The van der Waals surface area contributed by atoms with Crippen molar-refractivity contribution >= 4 is 28.2 Å². The maximum Gasteiger partial charge on any atom is 0.307 e. The van der Waals surface area contributed by atoms with E-state index in [4.69, 9.17) is 0 Å². The van der Waals surface area contributed by atoms with Crippen molar-refractivity contribution in [3.05, 3.63) is 51.4 Å². The number of allylic oxidation sites excluding steroid dienone is 2. The number of carboxylic acids is 1. The van der Waals surface area contributed by atoms with Gasteiger partial charge in [0.2, 0.25) is 5.91 Å². The van der Waals surface area contributed by atoms with E-state index in [0.717, 1.165) is 32.7 Å². The van der Waals surface area contributed by atoms with Crippen LogP contribution in [-0.4, -0.2) is 17.0 Å². The number of nitrogens with one attached hydrogen (secondary N) is 1. The summed E-state index contributed by atoms with van der Waals surface area (Å²) in [5.74, 6) is -2.69. The molecule has 1 aliphatic carbocycles. The molecule has 1 aromatic heterocycles. The van der Waals surface area contributed by atoms with E-state index in [1.165, 1.54) is 11.3 Å². The van der Waals surface area contributed by atoms with Crippen molar-refractivity contribution in [3.8, 4) is 17.2 Å². The van der Waals surface area contributed by atoms with Crippen molar-refractivity contribution in [2.24, 2.45) is 11.8 Å². The van der Waals surface area contributed by atoms with E-state index in [2.05, 4.69) is 11.4 Å². The smallest absolute Gasteiger partial charge is 0.307 e. The first-order valence-electron chi connectivity index (χ1n) is 9.52. The number of benzene rings is 1. The molecule has 1 aromatic carbocycles. The fraction of sp³-hybridized carbons (Fsp3) is 0.348. The Hall–Kier alpha value is -2.91. The van der Waals surface area contributed by atoms with Crippen LogP contribution in [0.15, 0.2) is 35.4 Å². The first kappa shape index (κ1) is 20.8. The molecular weight excluding hydrogens is 384 g/mol. The van der Waals surface area contributed by atoms with Gasteiger partial charge in [0.05, 0.1) is 17.4 Å². The van der Waals surface area contributed by atoms with Crippen LogP contribution in [0.1, 0.15) is 42.7 Å². The Morgan fingerprint density at radius 3 is 2.21 bits per heavy atom. The molecule has 3 rings (SSSR count). The summed E-state index contributed by atoms with van der Waals surface area (Å²) in [6, 6.07) is 10.1. The van der Waals surface area contributed by atoms with Gasteiger partial charge in [0.15, 0.2) is 0 Å². The van der Waals surface area contributed by atoms with Crippen LogP contribution < -0.4 is 5.32 Å². The highest BCUT2D eigenvalue weighted by molar-refractivity contribution is 7.17. The molecule has 29 heavy (non-hydrogen) atoms. The van der Waals surface area contributed by atoms with Crippen LogP contribution in [-0.2, 0) is 9.59 Å². The lowest BCUT2D eigenvalue weighted by Gasteiger charge is -2.29. The second-order valence-electron chi connectivity index (χ2n) is 7.72. The monoisotopic (exact) mass is 408 g/mol. The minimum absolute atomic E-state index is 0.336. The van der Waals surface area contributed by atoms with Crippen molar-refractivity contribution < 1.29 is 14.7 Å². The Morgan fingerprint density at radius 2 is 1.66 bits per heavy atom. The second-order valence-corrected chi connectivity index (χ2v) is 8.95. The van der Waals surface area contributed by atoms with E-state index in [-0.39, 0.29) is 5.91 Å². The number of rotatable bonds is 4. The number of nitriles is 1. The molecule has 0 saturated carbocycles. The Labute approximate surface area is 174 Å². The maximum absolute atomic E-state index is 13.0. The number of hydrogen-bond acceptors (Lipinski definition) is 4. The molecular formula is C23H24N2O3S. The molecule has 6 heteroatoms. The standard InChI is InChI=1S/C23H24N2O3S/c1-12-5-7-16(8-6-12)20-15(4)29-22(19(20)11-24)25-21(26)17-9-13(2)14(3)10-18(17)23(27)28/h5-8,17-18H,9-10H2,1-4H3,(H,25,26)(H,27,28)/t17-,18-/m0/s1. The summed E-state index contributed by atoms with van der Waals surface area (Å²) in [6.45, 7) is 7.79. The minimum Gasteiger partial charge on any atom is -0.481 e. The summed E-state index contributed by atoms with van der Waals surface area (Å²) < 4.78 is 0. The molecule has 1 aliphatic rings. The molecule has 0 bridgehead atoms. The zero-order valence-electron chi connectivity index (χ0n) is 17.0. The van der Waals surface area contributed by atoms with Gasteiger partial charge in [-0.1, -0.05) is 41.0 Å². The lowest BCUT2D eigenvalue weighted by Crippen LogP contribution is -2.36. The predicted molar refractivity (Wildman–Crippen MR) is 115 cm³/mol. The van der Waals surface area contributed by atoms with Gasteiger partial charge in [-0.05, 0) is 46.1 Å². The normalized spacial score (nSPS) is 19.0. The van der Waals surface area contributed by atoms with Crippen LogP contribution in [0.4, 0.5) is 5.00 Å². The van der Waals surface area contributed by atoms with Crippen LogP contribution in [0.3, 0.4) is 0 Å². The average molecular weight is 409 g/mol. The largest absolute Gasteiger partial charge is 0.481 e. The molecule has 0 aliphatic heterocycles. The SMILES string of the molecule is CC1=C(C)C[C@H](C(=O)Nc2sc(C)c(-c3ccc(C)cc3)c2C#N)[C@@H](C(=O)O)C1. The molecule has 1 amide bonds. The quantitative estimate of drug-likeness (QED) is 0.673. The third-order valence-electron chi connectivity index (χ3n) is 5.69. The number of nitrogens with zero attached hydrogens (tertiary/aromatic N) is 1. The van der Waals surface area contributed by atoms with Crippen LogP contribution in [0.5, 0.6) is 0 Å². The van der Waals surface area contributed by atoms with E-state index >= 15 is 0 Å². The minimum atomic E-state index is -0.958. The second kappa shape index (κ2) is 8.22. The van der Waals surface area contributed by atoms with Gasteiger partial charge in [-0.15, -0.1) is 11.3 Å². The van der Waals surface area contributed by atoms with Gasteiger partial charge < -0.3 is 10.4 Å². The zero-order chi connectivity index (χ0) is 21.3. The first-order chi connectivity index (χ1) is 13.7. The van der Waals surface area contributed by atoms with Gasteiger partial charge in [0, 0.05) is 10.4 Å². The van der Waals surface area contributed by atoms with E-state index < -0.39 is 17.8 Å². The third kappa shape index (κ3) is 4.10.